The fourth-order valence-electron chi connectivity index (χ4n) is 3.47. The van der Waals surface area contributed by atoms with Crippen LogP contribution in [0.3, 0.4) is 0 Å². The van der Waals surface area contributed by atoms with Crippen LogP contribution in [0.1, 0.15) is 55.3 Å². The van der Waals surface area contributed by atoms with E-state index in [1.807, 2.05) is 4.90 Å². The van der Waals surface area contributed by atoms with E-state index < -0.39 is 0 Å². The van der Waals surface area contributed by atoms with Gasteiger partial charge in [-0.3, -0.25) is 4.79 Å². The fraction of sp³-hybridized carbons (Fsp3) is 0.611. The summed E-state index contributed by atoms with van der Waals surface area (Å²) in [5.74, 6) is 0.253. The number of rotatable bonds is 4. The number of nitrogens with one attached hydrogen (secondary N) is 1. The fourth-order valence-corrected chi connectivity index (χ4v) is 3.47. The van der Waals surface area contributed by atoms with Gasteiger partial charge in [0.05, 0.1) is 6.54 Å². The van der Waals surface area contributed by atoms with Crippen molar-refractivity contribution in [2.75, 3.05) is 19.6 Å². The Labute approximate surface area is 127 Å². The monoisotopic (exact) mass is 286 g/mol. The molecule has 1 aliphatic heterocycles. The highest BCUT2D eigenvalue weighted by Crippen LogP contribution is 2.25. The number of hydrogen-bond acceptors (Lipinski definition) is 2. The van der Waals surface area contributed by atoms with Crippen molar-refractivity contribution in [2.45, 2.75) is 51.5 Å². The van der Waals surface area contributed by atoms with E-state index in [4.69, 9.17) is 0 Å². The summed E-state index contributed by atoms with van der Waals surface area (Å²) in [5.41, 5.74) is 4.32. The highest BCUT2D eigenvalue weighted by atomic mass is 16.2. The number of fused-ring (bicyclic) bond motifs is 1. The van der Waals surface area contributed by atoms with Gasteiger partial charge in [-0.2, -0.15) is 0 Å². The Hall–Kier alpha value is -1.35. The maximum Gasteiger partial charge on any atom is 0.236 e. The van der Waals surface area contributed by atoms with Crippen LogP contribution in [-0.2, 0) is 17.6 Å². The molecule has 3 heteroatoms. The van der Waals surface area contributed by atoms with Crippen molar-refractivity contribution in [3.63, 3.8) is 0 Å². The number of amides is 1. The quantitative estimate of drug-likeness (QED) is 0.923. The number of nitrogens with zero attached hydrogens (tertiary/aromatic N) is 1. The summed E-state index contributed by atoms with van der Waals surface area (Å²) >= 11 is 0. The lowest BCUT2D eigenvalue weighted by Gasteiger charge is -2.27. The third-order valence-electron chi connectivity index (χ3n) is 4.89. The molecule has 1 aromatic rings. The van der Waals surface area contributed by atoms with E-state index in [1.165, 1.54) is 42.4 Å². The molecule has 1 aliphatic carbocycles. The molecule has 0 spiro atoms. The number of carbonyl (C=O) groups is 1. The molecular weight excluding hydrogens is 260 g/mol. The smallest absolute Gasteiger partial charge is 0.236 e. The molecule has 1 atom stereocenters. The average molecular weight is 286 g/mol. The number of aryl methyl sites for hydroxylation is 2. The molecule has 3 rings (SSSR count). The van der Waals surface area contributed by atoms with Crippen LogP contribution in [0, 0.1) is 0 Å². The van der Waals surface area contributed by atoms with Crippen LogP contribution in [0.25, 0.3) is 0 Å². The van der Waals surface area contributed by atoms with Gasteiger partial charge in [-0.15, -0.1) is 0 Å². The van der Waals surface area contributed by atoms with E-state index in [-0.39, 0.29) is 11.9 Å². The zero-order valence-corrected chi connectivity index (χ0v) is 13.0. The predicted molar refractivity (Wildman–Crippen MR) is 85.3 cm³/mol. The lowest BCUT2D eigenvalue weighted by Crippen LogP contribution is -2.41. The lowest BCUT2D eigenvalue weighted by atomic mass is 10.0. The molecular formula is C18H26N2O. The second kappa shape index (κ2) is 6.61. The Kier molecular flexibility index (Phi) is 4.59. The molecule has 1 unspecified atom stereocenters. The predicted octanol–water partition coefficient (Wildman–Crippen LogP) is 2.84. The van der Waals surface area contributed by atoms with Crippen molar-refractivity contribution < 1.29 is 4.79 Å². The van der Waals surface area contributed by atoms with Gasteiger partial charge >= 0.3 is 0 Å². The maximum absolute atomic E-state index is 12.2. The van der Waals surface area contributed by atoms with E-state index >= 15 is 0 Å². The first-order chi connectivity index (χ1) is 10.2. The Morgan fingerprint density at radius 3 is 2.71 bits per heavy atom. The second-order valence-corrected chi connectivity index (χ2v) is 6.43. The van der Waals surface area contributed by atoms with Gasteiger partial charge in [0.2, 0.25) is 5.91 Å². The molecule has 0 saturated carbocycles. The molecule has 1 amide bonds. The number of carbonyl (C=O) groups excluding carboxylic acids is 1. The minimum Gasteiger partial charge on any atom is -0.342 e. The van der Waals surface area contributed by atoms with Crippen LogP contribution in [-0.4, -0.2) is 30.4 Å². The molecule has 1 saturated heterocycles. The largest absolute Gasteiger partial charge is 0.342 e. The molecule has 0 aromatic heterocycles. The van der Waals surface area contributed by atoms with E-state index in [0.29, 0.717) is 6.54 Å². The van der Waals surface area contributed by atoms with E-state index in [1.54, 1.807) is 0 Å². The van der Waals surface area contributed by atoms with Gasteiger partial charge in [0, 0.05) is 19.1 Å². The number of likely N-dealkylation sites (tertiary alicyclic amines) is 1. The molecule has 0 radical (unpaired) electrons. The molecule has 1 heterocycles. The minimum atomic E-state index is 0.240. The Morgan fingerprint density at radius 1 is 1.14 bits per heavy atom. The summed E-state index contributed by atoms with van der Waals surface area (Å²) in [4.78, 5) is 14.2. The van der Waals surface area contributed by atoms with Gasteiger partial charge in [-0.05, 0) is 62.1 Å². The Morgan fingerprint density at radius 2 is 1.90 bits per heavy atom. The van der Waals surface area contributed by atoms with Crippen molar-refractivity contribution in [1.82, 2.24) is 10.2 Å². The topological polar surface area (TPSA) is 32.3 Å². The van der Waals surface area contributed by atoms with Crippen LogP contribution in [0.4, 0.5) is 0 Å². The highest BCUT2D eigenvalue weighted by Gasteiger charge is 2.18. The molecule has 1 aromatic carbocycles. The number of benzene rings is 1. The standard InChI is InChI=1S/C18H26N2O/c1-14(16-9-8-15-6-5-7-17(15)12-16)19-13-18(21)20-10-3-2-4-11-20/h8-9,12,14,19H,2-7,10-11,13H2,1H3. The van der Waals surface area contributed by atoms with Gasteiger partial charge < -0.3 is 10.2 Å². The Balaban J connectivity index is 1.54. The van der Waals surface area contributed by atoms with E-state index in [2.05, 4.69) is 30.4 Å². The first-order valence-electron chi connectivity index (χ1n) is 8.37. The van der Waals surface area contributed by atoms with Crippen molar-refractivity contribution >= 4 is 5.91 Å². The van der Waals surface area contributed by atoms with E-state index in [9.17, 15) is 4.79 Å². The third-order valence-corrected chi connectivity index (χ3v) is 4.89. The van der Waals surface area contributed by atoms with Crippen LogP contribution < -0.4 is 5.32 Å². The molecule has 0 bridgehead atoms. The second-order valence-electron chi connectivity index (χ2n) is 6.43. The summed E-state index contributed by atoms with van der Waals surface area (Å²) in [6.45, 7) is 4.49. The zero-order valence-electron chi connectivity index (χ0n) is 13.0. The zero-order chi connectivity index (χ0) is 14.7. The number of piperidine rings is 1. The van der Waals surface area contributed by atoms with Crippen molar-refractivity contribution in [3.8, 4) is 0 Å². The average Bonchev–Trinajstić information content (AvgIpc) is 3.00. The van der Waals surface area contributed by atoms with E-state index in [0.717, 1.165) is 25.9 Å². The summed E-state index contributed by atoms with van der Waals surface area (Å²) in [6.07, 6.45) is 7.31. The van der Waals surface area contributed by atoms with Crippen molar-refractivity contribution in [1.29, 1.82) is 0 Å². The van der Waals surface area contributed by atoms with Gasteiger partial charge in [-0.25, -0.2) is 0 Å². The molecule has 1 fully saturated rings. The van der Waals surface area contributed by atoms with Crippen LogP contribution >= 0.6 is 0 Å². The van der Waals surface area contributed by atoms with Crippen molar-refractivity contribution in [2.24, 2.45) is 0 Å². The lowest BCUT2D eigenvalue weighted by molar-refractivity contribution is -0.131. The van der Waals surface area contributed by atoms with Crippen LogP contribution in [0.15, 0.2) is 18.2 Å². The first-order valence-corrected chi connectivity index (χ1v) is 8.37. The molecule has 114 valence electrons. The Bertz CT molecular complexity index is 506. The summed E-state index contributed by atoms with van der Waals surface area (Å²) in [6, 6.07) is 7.05. The maximum atomic E-state index is 12.2. The first kappa shape index (κ1) is 14.6. The highest BCUT2D eigenvalue weighted by molar-refractivity contribution is 5.78. The molecule has 2 aliphatic rings. The van der Waals surface area contributed by atoms with Crippen LogP contribution in [0.5, 0.6) is 0 Å². The van der Waals surface area contributed by atoms with Crippen molar-refractivity contribution in [3.05, 3.63) is 34.9 Å². The van der Waals surface area contributed by atoms with Gasteiger partial charge in [0.25, 0.3) is 0 Å². The molecule has 3 nitrogen and oxygen atoms in total. The van der Waals surface area contributed by atoms with Gasteiger partial charge in [0.15, 0.2) is 0 Å². The summed E-state index contributed by atoms with van der Waals surface area (Å²) < 4.78 is 0. The summed E-state index contributed by atoms with van der Waals surface area (Å²) in [7, 11) is 0. The molecule has 21 heavy (non-hydrogen) atoms. The molecule has 1 N–H and O–H groups in total. The minimum absolute atomic E-state index is 0.240. The number of hydrogen-bond donors (Lipinski definition) is 1. The van der Waals surface area contributed by atoms with Gasteiger partial charge in [-0.1, -0.05) is 18.2 Å². The SMILES string of the molecule is CC(NCC(=O)N1CCCCC1)c1ccc2c(c1)CCC2. The summed E-state index contributed by atoms with van der Waals surface area (Å²) in [5, 5.41) is 3.40. The third kappa shape index (κ3) is 3.46. The van der Waals surface area contributed by atoms with Crippen LogP contribution in [0.2, 0.25) is 0 Å². The van der Waals surface area contributed by atoms with Gasteiger partial charge in [0.1, 0.15) is 0 Å². The normalized spacial score (nSPS) is 19.4.